The quantitative estimate of drug-likeness (QED) is 0.321. The number of carbonyl (C=O) groups is 1. The third kappa shape index (κ3) is 4.71. The predicted molar refractivity (Wildman–Crippen MR) is 100 cm³/mol. The Morgan fingerprint density at radius 2 is 1.71 bits per heavy atom. The maximum Gasteiger partial charge on any atom is 0.158 e. The summed E-state index contributed by atoms with van der Waals surface area (Å²) in [5.74, 6) is -0.440. The summed E-state index contributed by atoms with van der Waals surface area (Å²) in [4.78, 5) is 12.2. The molecule has 0 spiro atoms. The van der Waals surface area contributed by atoms with Crippen LogP contribution in [0, 0.1) is 11.3 Å². The summed E-state index contributed by atoms with van der Waals surface area (Å²) in [7, 11) is 0. The maximum absolute atomic E-state index is 12.2. The third-order valence-corrected chi connectivity index (χ3v) is 6.02. The minimum absolute atomic E-state index is 0.00970. The molecule has 0 amide bonds. The van der Waals surface area contributed by atoms with Gasteiger partial charge in [-0.2, -0.15) is 0 Å². The highest BCUT2D eigenvalue weighted by atomic mass is 16.5. The molecule has 1 fully saturated rings. The second kappa shape index (κ2) is 9.58. The number of hydrogen-bond donors (Lipinski definition) is 6. The second-order valence-electron chi connectivity index (χ2n) is 8.08. The van der Waals surface area contributed by atoms with Crippen LogP contribution >= 0.6 is 0 Å². The van der Waals surface area contributed by atoms with Crippen LogP contribution in [0.2, 0.25) is 0 Å². The molecule has 0 bridgehead atoms. The van der Waals surface area contributed by atoms with Gasteiger partial charge in [0.05, 0.1) is 25.9 Å². The molecule has 28 heavy (non-hydrogen) atoms. The summed E-state index contributed by atoms with van der Waals surface area (Å²) in [6.45, 7) is 2.71. The van der Waals surface area contributed by atoms with Crippen molar-refractivity contribution in [3.63, 3.8) is 0 Å². The van der Waals surface area contributed by atoms with E-state index in [0.717, 1.165) is 5.57 Å². The van der Waals surface area contributed by atoms with Gasteiger partial charge >= 0.3 is 0 Å². The van der Waals surface area contributed by atoms with Gasteiger partial charge in [-0.25, -0.2) is 0 Å². The number of allylic oxidation sites excluding steroid dienone is 3. The standard InChI is InChI=1S/C20H32O8/c1-11-13(4-3-12(8-21)9-22)20(2,6-5-14(11)24)7-15-17(25)19(27)18(26)16(10-23)28-15/h3-4,12,15-19,21-23,25-27H,5-10H2,1-2H3/b4-3+/t15?,16-,17+,18-,19-,20+/m1/s1. The van der Waals surface area contributed by atoms with Crippen LogP contribution < -0.4 is 0 Å². The summed E-state index contributed by atoms with van der Waals surface area (Å²) in [6, 6.07) is 0. The topological polar surface area (TPSA) is 148 Å². The molecule has 2 aliphatic rings. The lowest BCUT2D eigenvalue weighted by Gasteiger charge is -2.45. The van der Waals surface area contributed by atoms with E-state index in [-0.39, 0.29) is 25.4 Å². The van der Waals surface area contributed by atoms with Crippen molar-refractivity contribution >= 4 is 5.78 Å². The Morgan fingerprint density at radius 3 is 2.29 bits per heavy atom. The molecule has 2 rings (SSSR count). The van der Waals surface area contributed by atoms with Crippen molar-refractivity contribution in [3.05, 3.63) is 23.3 Å². The van der Waals surface area contributed by atoms with Gasteiger partial charge in [0.15, 0.2) is 5.78 Å². The van der Waals surface area contributed by atoms with Crippen LogP contribution in [-0.4, -0.2) is 86.8 Å². The van der Waals surface area contributed by atoms with Gasteiger partial charge in [-0.15, -0.1) is 0 Å². The molecule has 8 nitrogen and oxygen atoms in total. The summed E-state index contributed by atoms with van der Waals surface area (Å²) in [6.07, 6.45) is -1.52. The van der Waals surface area contributed by atoms with Crippen molar-refractivity contribution < 1.29 is 40.2 Å². The Balaban J connectivity index is 2.31. The fraction of sp³-hybridized carbons (Fsp3) is 0.750. The van der Waals surface area contributed by atoms with Crippen molar-refractivity contribution in [2.45, 2.75) is 63.6 Å². The van der Waals surface area contributed by atoms with Crippen molar-refractivity contribution in [3.8, 4) is 0 Å². The van der Waals surface area contributed by atoms with Crippen LogP contribution in [0.5, 0.6) is 0 Å². The molecular formula is C20H32O8. The first-order valence-corrected chi connectivity index (χ1v) is 9.63. The number of hydrogen-bond acceptors (Lipinski definition) is 8. The highest BCUT2D eigenvalue weighted by molar-refractivity contribution is 5.97. The summed E-state index contributed by atoms with van der Waals surface area (Å²) in [5, 5.41) is 58.4. The summed E-state index contributed by atoms with van der Waals surface area (Å²) in [5.41, 5.74) is 0.731. The smallest absolute Gasteiger partial charge is 0.158 e. The average Bonchev–Trinajstić information content (AvgIpc) is 2.68. The van der Waals surface area contributed by atoms with E-state index in [0.29, 0.717) is 18.4 Å². The van der Waals surface area contributed by atoms with Crippen LogP contribution in [0.4, 0.5) is 0 Å². The molecule has 0 saturated carbocycles. The lowest BCUT2D eigenvalue weighted by molar-refractivity contribution is -0.234. The molecule has 1 unspecified atom stereocenters. The van der Waals surface area contributed by atoms with Crippen LogP contribution in [0.3, 0.4) is 0 Å². The molecule has 1 aliphatic carbocycles. The fourth-order valence-corrected chi connectivity index (χ4v) is 4.06. The number of rotatable bonds is 7. The Morgan fingerprint density at radius 1 is 1.11 bits per heavy atom. The second-order valence-corrected chi connectivity index (χ2v) is 8.08. The molecule has 6 N–H and O–H groups in total. The molecule has 0 radical (unpaired) electrons. The summed E-state index contributed by atoms with van der Waals surface area (Å²) < 4.78 is 5.66. The van der Waals surface area contributed by atoms with Crippen LogP contribution in [0.1, 0.15) is 33.1 Å². The number of carbonyl (C=O) groups excluding carboxylic acids is 1. The number of ether oxygens (including phenoxy) is 1. The molecule has 160 valence electrons. The van der Waals surface area contributed by atoms with Gasteiger partial charge in [0.1, 0.15) is 24.4 Å². The van der Waals surface area contributed by atoms with Crippen LogP contribution in [0.15, 0.2) is 23.3 Å². The minimum atomic E-state index is -1.44. The first kappa shape index (κ1) is 23.2. The van der Waals surface area contributed by atoms with Crippen molar-refractivity contribution in [2.75, 3.05) is 19.8 Å². The molecule has 0 aromatic carbocycles. The van der Waals surface area contributed by atoms with Crippen molar-refractivity contribution in [1.29, 1.82) is 0 Å². The maximum atomic E-state index is 12.2. The molecule has 1 heterocycles. The van der Waals surface area contributed by atoms with Crippen LogP contribution in [-0.2, 0) is 9.53 Å². The highest BCUT2D eigenvalue weighted by Gasteiger charge is 2.47. The summed E-state index contributed by atoms with van der Waals surface area (Å²) >= 11 is 0. The molecule has 8 heteroatoms. The lowest BCUT2D eigenvalue weighted by Crippen LogP contribution is -2.59. The molecule has 0 aromatic heterocycles. The van der Waals surface area contributed by atoms with Gasteiger partial charge in [-0.05, 0) is 36.3 Å². The Labute approximate surface area is 164 Å². The van der Waals surface area contributed by atoms with Crippen molar-refractivity contribution in [2.24, 2.45) is 11.3 Å². The van der Waals surface area contributed by atoms with E-state index in [9.17, 15) is 35.4 Å². The fourth-order valence-electron chi connectivity index (χ4n) is 4.06. The Hall–Kier alpha value is -1.13. The minimum Gasteiger partial charge on any atom is -0.396 e. The lowest BCUT2D eigenvalue weighted by atomic mass is 9.66. The zero-order valence-corrected chi connectivity index (χ0v) is 16.4. The largest absolute Gasteiger partial charge is 0.396 e. The molecule has 6 atom stereocenters. The normalized spacial score (nSPS) is 37.3. The van der Waals surface area contributed by atoms with Gasteiger partial charge in [-0.1, -0.05) is 19.1 Å². The monoisotopic (exact) mass is 400 g/mol. The van der Waals surface area contributed by atoms with E-state index in [2.05, 4.69) is 0 Å². The van der Waals surface area contributed by atoms with E-state index in [1.165, 1.54) is 0 Å². The van der Waals surface area contributed by atoms with E-state index >= 15 is 0 Å². The highest BCUT2D eigenvalue weighted by Crippen LogP contribution is 2.45. The molecular weight excluding hydrogens is 368 g/mol. The Kier molecular flexibility index (Phi) is 7.92. The molecule has 0 aromatic rings. The number of ketones is 1. The number of aliphatic hydroxyl groups is 6. The first-order chi connectivity index (χ1) is 13.2. The van der Waals surface area contributed by atoms with E-state index in [1.54, 1.807) is 19.1 Å². The van der Waals surface area contributed by atoms with E-state index in [1.807, 2.05) is 6.92 Å². The zero-order valence-electron chi connectivity index (χ0n) is 16.4. The van der Waals surface area contributed by atoms with Crippen molar-refractivity contribution in [1.82, 2.24) is 0 Å². The zero-order chi connectivity index (χ0) is 21.1. The number of Topliss-reactive ketones (excluding diaryl/α,β-unsaturated/α-hetero) is 1. The van der Waals surface area contributed by atoms with E-state index < -0.39 is 48.5 Å². The van der Waals surface area contributed by atoms with Gasteiger partial charge in [0, 0.05) is 12.3 Å². The Bertz CT molecular complexity index is 609. The van der Waals surface area contributed by atoms with Gasteiger partial charge in [-0.3, -0.25) is 4.79 Å². The SMILES string of the molecule is CC1=C(/C=C/C(CO)CO)[C@](C)(CC2O[C@H](CO)[C@@H](O)[C@H](O)[C@H]2O)CCC1=O. The molecule has 1 aliphatic heterocycles. The predicted octanol–water partition coefficient (Wildman–Crippen LogP) is -0.938. The first-order valence-electron chi connectivity index (χ1n) is 9.63. The number of aliphatic hydroxyl groups excluding tert-OH is 6. The van der Waals surface area contributed by atoms with Gasteiger partial charge < -0.3 is 35.4 Å². The van der Waals surface area contributed by atoms with Gasteiger partial charge in [0.2, 0.25) is 0 Å². The van der Waals surface area contributed by atoms with Crippen LogP contribution in [0.25, 0.3) is 0 Å². The average molecular weight is 400 g/mol. The third-order valence-electron chi connectivity index (χ3n) is 6.02. The molecule has 1 saturated heterocycles. The van der Waals surface area contributed by atoms with Gasteiger partial charge in [0.25, 0.3) is 0 Å². The van der Waals surface area contributed by atoms with E-state index in [4.69, 9.17) is 4.74 Å².